The fraction of sp³-hybridized carbons (Fsp3) is 0.567. The van der Waals surface area contributed by atoms with E-state index >= 15 is 8.78 Å². The Morgan fingerprint density at radius 3 is 2.78 bits per heavy atom. The Bertz CT molecular complexity index is 1720. The van der Waals surface area contributed by atoms with Crippen molar-refractivity contribution in [2.75, 3.05) is 43.5 Å². The minimum absolute atomic E-state index is 0.0218. The van der Waals surface area contributed by atoms with Gasteiger partial charge in [-0.05, 0) is 50.8 Å². The molecule has 0 amide bonds. The van der Waals surface area contributed by atoms with Gasteiger partial charge in [-0.25, -0.2) is 18.2 Å². The van der Waals surface area contributed by atoms with Crippen LogP contribution in [0.2, 0.25) is 0 Å². The van der Waals surface area contributed by atoms with Crippen molar-refractivity contribution in [3.8, 4) is 23.1 Å². The molecule has 15 heteroatoms. The molecule has 0 spiro atoms. The summed E-state index contributed by atoms with van der Waals surface area (Å²) in [5.74, 6) is -2.68. The van der Waals surface area contributed by atoms with Crippen molar-refractivity contribution in [1.29, 1.82) is 0 Å². The first-order chi connectivity index (χ1) is 21.4. The zero-order valence-corrected chi connectivity index (χ0v) is 24.4. The lowest BCUT2D eigenvalue weighted by molar-refractivity contribution is -0.137. The predicted octanol–water partition coefficient (Wildman–Crippen LogP) is 4.54. The van der Waals surface area contributed by atoms with E-state index in [-0.39, 0.29) is 66.4 Å². The van der Waals surface area contributed by atoms with Crippen molar-refractivity contribution in [2.24, 2.45) is 0 Å². The van der Waals surface area contributed by atoms with Gasteiger partial charge in [0, 0.05) is 31.6 Å². The smallest absolute Gasteiger partial charge is 0.417 e. The molecule has 45 heavy (non-hydrogen) atoms. The number of hydrogen-bond donors (Lipinski definition) is 2. The molecule has 0 unspecified atom stereocenters. The highest BCUT2D eigenvalue weighted by molar-refractivity contribution is 5.97. The number of aryl methyl sites for hydroxylation is 1. The summed E-state index contributed by atoms with van der Waals surface area (Å²) in [4.78, 5) is 17.3. The fourth-order valence-electron chi connectivity index (χ4n) is 8.20. The van der Waals surface area contributed by atoms with Gasteiger partial charge in [0.05, 0.1) is 28.4 Å². The minimum atomic E-state index is -5.05. The summed E-state index contributed by atoms with van der Waals surface area (Å²) in [6, 6.07) is 0.556. The molecule has 5 aliphatic heterocycles. The number of ether oxygens (including phenoxy) is 2. The summed E-state index contributed by atoms with van der Waals surface area (Å²) in [5, 5.41) is 3.62. The van der Waals surface area contributed by atoms with Crippen LogP contribution in [0.1, 0.15) is 43.2 Å². The molecule has 7 heterocycles. The lowest BCUT2D eigenvalue weighted by Gasteiger charge is -2.40. The number of halogens is 6. The van der Waals surface area contributed by atoms with E-state index in [0.717, 1.165) is 38.8 Å². The molecule has 0 radical (unpaired) electrons. The number of hydrogen-bond acceptors (Lipinski definition) is 9. The second kappa shape index (κ2) is 9.95. The lowest BCUT2D eigenvalue weighted by atomic mass is 9.95. The van der Waals surface area contributed by atoms with Crippen LogP contribution in [0.4, 0.5) is 37.8 Å². The summed E-state index contributed by atoms with van der Waals surface area (Å²) in [7, 11) is 0. The van der Waals surface area contributed by atoms with Crippen LogP contribution in [0.25, 0.3) is 22.2 Å². The van der Waals surface area contributed by atoms with Crippen LogP contribution in [-0.4, -0.2) is 82.5 Å². The molecule has 4 fully saturated rings. The number of anilines is 2. The first-order valence-electron chi connectivity index (χ1n) is 15.2. The molecule has 3 N–H and O–H groups in total. The van der Waals surface area contributed by atoms with Gasteiger partial charge in [0.2, 0.25) is 5.88 Å². The van der Waals surface area contributed by atoms with Gasteiger partial charge >= 0.3 is 12.2 Å². The van der Waals surface area contributed by atoms with E-state index in [9.17, 15) is 17.6 Å². The van der Waals surface area contributed by atoms with Crippen molar-refractivity contribution < 1.29 is 35.8 Å². The normalized spacial score (nSPS) is 29.1. The van der Waals surface area contributed by atoms with Gasteiger partial charge in [0.1, 0.15) is 41.8 Å². The number of rotatable bonds is 4. The first kappa shape index (κ1) is 28.9. The Labute approximate surface area is 254 Å². The van der Waals surface area contributed by atoms with Crippen LogP contribution < -0.4 is 25.4 Å². The molecule has 4 saturated heterocycles. The number of fused-ring (bicyclic) bond motifs is 6. The number of pyridine rings is 1. The van der Waals surface area contributed by atoms with Gasteiger partial charge in [-0.15, -0.1) is 0 Å². The average Bonchev–Trinajstić information content (AvgIpc) is 3.61. The summed E-state index contributed by atoms with van der Waals surface area (Å²) < 4.78 is 102. The van der Waals surface area contributed by atoms with Crippen molar-refractivity contribution in [3.63, 3.8) is 0 Å². The van der Waals surface area contributed by atoms with Crippen molar-refractivity contribution in [1.82, 2.24) is 25.2 Å². The third-order valence-electron chi connectivity index (χ3n) is 10.2. The zero-order chi connectivity index (χ0) is 31.4. The number of aromatic nitrogens is 3. The lowest BCUT2D eigenvalue weighted by Crippen LogP contribution is -2.60. The molecule has 5 aliphatic rings. The predicted molar refractivity (Wildman–Crippen MR) is 152 cm³/mol. The van der Waals surface area contributed by atoms with Crippen molar-refractivity contribution in [2.45, 2.75) is 75.0 Å². The largest absolute Gasteiger partial charge is 0.475 e. The van der Waals surface area contributed by atoms with E-state index in [0.29, 0.717) is 19.5 Å². The van der Waals surface area contributed by atoms with E-state index in [1.807, 2.05) is 4.90 Å². The molecule has 1 aromatic carbocycles. The van der Waals surface area contributed by atoms with Crippen LogP contribution >= 0.6 is 0 Å². The quantitative estimate of drug-likeness (QED) is 0.316. The molecule has 0 saturated carbocycles. The topological polar surface area (TPSA) is 102 Å². The second-order valence-corrected chi connectivity index (χ2v) is 12.9. The number of piperazine rings is 1. The summed E-state index contributed by atoms with van der Waals surface area (Å²) in [6.45, 7) is 2.80. The maximum atomic E-state index is 16.7. The molecule has 9 nitrogen and oxygen atoms in total. The SMILES string of the molecule is Cc1cc(N)c(F)c(-c2nc3c4c(nc(OC[C@@]56CCCN5C[C@H](F)C6)nc4c2F)N2C[C@H]4CC[C@H](N4)[C@H]2CO3)c1C(F)(F)F. The second-order valence-electron chi connectivity index (χ2n) is 12.9. The average molecular weight is 636 g/mol. The standard InChI is InChI=1S/C30H31F6N7O2/c1-13-7-16(37)22(32)19(21(13)30(34,35)36)24-23(33)25-20-26(43-10-15-3-4-17(38-15)18(43)11-44-27(20)39-24)41-28(40-25)45-12-29-5-2-6-42(29)9-14(31)8-29/h7,14-15,17-18,38H,2-6,8-12,37H2,1H3/t14-,15-,17+,18-,29+/m1/s1. The van der Waals surface area contributed by atoms with Crippen molar-refractivity contribution >= 4 is 22.4 Å². The van der Waals surface area contributed by atoms with Gasteiger partial charge in [0.25, 0.3) is 0 Å². The molecule has 5 atom stereocenters. The van der Waals surface area contributed by atoms with Gasteiger partial charge in [-0.1, -0.05) is 0 Å². The Hall–Kier alpha value is -3.59. The Kier molecular flexibility index (Phi) is 6.38. The van der Waals surface area contributed by atoms with E-state index in [1.54, 1.807) is 0 Å². The highest BCUT2D eigenvalue weighted by atomic mass is 19.4. The maximum Gasteiger partial charge on any atom is 0.417 e. The Morgan fingerprint density at radius 1 is 1.16 bits per heavy atom. The van der Waals surface area contributed by atoms with E-state index in [1.165, 1.54) is 0 Å². The summed E-state index contributed by atoms with van der Waals surface area (Å²) >= 11 is 0. The fourth-order valence-corrected chi connectivity index (χ4v) is 8.20. The molecule has 240 valence electrons. The molecular weight excluding hydrogens is 604 g/mol. The van der Waals surface area contributed by atoms with Gasteiger partial charge in [-0.3, -0.25) is 4.90 Å². The highest BCUT2D eigenvalue weighted by Crippen LogP contribution is 2.47. The molecular formula is C30H31F6N7O2. The van der Waals surface area contributed by atoms with Gasteiger partial charge in [-0.2, -0.15) is 23.1 Å². The molecule has 2 bridgehead atoms. The molecule has 8 rings (SSSR count). The third kappa shape index (κ3) is 4.40. The number of nitrogens with one attached hydrogen (secondary N) is 1. The monoisotopic (exact) mass is 635 g/mol. The van der Waals surface area contributed by atoms with Gasteiger partial charge in [0.15, 0.2) is 11.6 Å². The summed E-state index contributed by atoms with van der Waals surface area (Å²) in [5.41, 5.74) is 0.358. The van der Waals surface area contributed by atoms with Crippen LogP contribution in [0, 0.1) is 18.6 Å². The summed E-state index contributed by atoms with van der Waals surface area (Å²) in [6.07, 6.45) is -2.39. The van der Waals surface area contributed by atoms with Crippen LogP contribution in [-0.2, 0) is 6.18 Å². The van der Waals surface area contributed by atoms with E-state index < -0.39 is 57.5 Å². The van der Waals surface area contributed by atoms with Crippen LogP contribution in [0.15, 0.2) is 6.07 Å². The Balaban J connectivity index is 1.33. The molecule has 0 aliphatic carbocycles. The maximum absolute atomic E-state index is 16.7. The number of alkyl halides is 4. The van der Waals surface area contributed by atoms with Crippen LogP contribution in [0.5, 0.6) is 11.9 Å². The third-order valence-corrected chi connectivity index (χ3v) is 10.2. The molecule has 3 aromatic rings. The van der Waals surface area contributed by atoms with E-state index in [2.05, 4.69) is 20.2 Å². The first-order valence-corrected chi connectivity index (χ1v) is 15.2. The highest BCUT2D eigenvalue weighted by Gasteiger charge is 2.50. The zero-order valence-electron chi connectivity index (χ0n) is 24.4. The minimum Gasteiger partial charge on any atom is -0.475 e. The van der Waals surface area contributed by atoms with E-state index in [4.69, 9.17) is 20.2 Å². The van der Waals surface area contributed by atoms with Crippen molar-refractivity contribution in [3.05, 3.63) is 28.8 Å². The number of nitrogens with zero attached hydrogens (tertiary/aromatic N) is 5. The molecule has 2 aromatic heterocycles. The Morgan fingerprint density at radius 2 is 1.98 bits per heavy atom. The number of nitrogens with two attached hydrogens (primary N) is 1. The van der Waals surface area contributed by atoms with Gasteiger partial charge < -0.3 is 25.4 Å². The number of nitrogen functional groups attached to an aromatic ring is 1. The number of benzene rings is 1. The van der Waals surface area contributed by atoms with Crippen LogP contribution in [0.3, 0.4) is 0 Å².